The Bertz CT molecular complexity index is 1040. The number of furan rings is 1. The van der Waals surface area contributed by atoms with Crippen LogP contribution in [0.1, 0.15) is 25.0 Å². The Kier molecular flexibility index (Phi) is 5.26. The molecule has 3 rings (SSSR count). The fraction of sp³-hybridized carbons (Fsp3) is 0.190. The van der Waals surface area contributed by atoms with Crippen LogP contribution in [0.4, 0.5) is 14.5 Å². The highest BCUT2D eigenvalue weighted by atomic mass is 19.2. The number of allylic oxidation sites excluding steroid dienone is 1. The van der Waals surface area contributed by atoms with E-state index in [-0.39, 0.29) is 5.69 Å². The molecular weight excluding hydrogens is 352 g/mol. The van der Waals surface area contributed by atoms with Gasteiger partial charge in [0.1, 0.15) is 11.3 Å². The Morgan fingerprint density at radius 3 is 2.70 bits per heavy atom. The lowest BCUT2D eigenvalue weighted by Crippen LogP contribution is -2.09. The lowest BCUT2D eigenvalue weighted by atomic mass is 10.0. The summed E-state index contributed by atoms with van der Waals surface area (Å²) in [6, 6.07) is 6.90. The minimum Gasteiger partial charge on any atom is -0.493 e. The average molecular weight is 371 g/mol. The zero-order valence-corrected chi connectivity index (χ0v) is 15.2. The van der Waals surface area contributed by atoms with E-state index >= 15 is 0 Å². The first-order valence-corrected chi connectivity index (χ1v) is 8.48. The first kappa shape index (κ1) is 18.6. The normalized spacial score (nSPS) is 11.7. The number of hydrogen-bond donors (Lipinski definition) is 1. The number of carbonyl (C=O) groups is 1. The fourth-order valence-electron chi connectivity index (χ4n) is 2.79. The highest BCUT2D eigenvalue weighted by molar-refractivity contribution is 6.04. The molecule has 0 bridgehead atoms. The van der Waals surface area contributed by atoms with Crippen molar-refractivity contribution in [3.63, 3.8) is 0 Å². The van der Waals surface area contributed by atoms with Crippen LogP contribution in [0.25, 0.3) is 16.5 Å². The molecule has 0 saturated carbocycles. The zero-order chi connectivity index (χ0) is 19.6. The molecule has 6 heteroatoms. The number of carbonyl (C=O) groups excluding carboxylic acids is 1. The van der Waals surface area contributed by atoms with Crippen LogP contribution in [-0.4, -0.2) is 12.5 Å². The maximum absolute atomic E-state index is 13.3. The zero-order valence-electron chi connectivity index (χ0n) is 15.2. The van der Waals surface area contributed by atoms with Crippen LogP contribution in [-0.2, 0) is 4.79 Å². The molecule has 1 N–H and O–H groups in total. The molecule has 0 aliphatic carbocycles. The van der Waals surface area contributed by atoms with Crippen molar-refractivity contribution in [2.45, 2.75) is 20.8 Å². The van der Waals surface area contributed by atoms with Crippen molar-refractivity contribution in [2.75, 3.05) is 11.9 Å². The van der Waals surface area contributed by atoms with Crippen molar-refractivity contribution < 1.29 is 22.7 Å². The lowest BCUT2D eigenvalue weighted by Gasteiger charge is -2.11. The van der Waals surface area contributed by atoms with Crippen LogP contribution < -0.4 is 10.1 Å². The molecule has 0 aliphatic rings. The van der Waals surface area contributed by atoms with Crippen LogP contribution in [0.2, 0.25) is 0 Å². The monoisotopic (exact) mass is 371 g/mol. The van der Waals surface area contributed by atoms with Gasteiger partial charge in [-0.1, -0.05) is 0 Å². The van der Waals surface area contributed by atoms with Gasteiger partial charge in [0.2, 0.25) is 5.91 Å². The van der Waals surface area contributed by atoms with Gasteiger partial charge in [0.25, 0.3) is 0 Å². The summed E-state index contributed by atoms with van der Waals surface area (Å²) in [5.74, 6) is -1.84. The Hall–Kier alpha value is -3.15. The van der Waals surface area contributed by atoms with E-state index in [1.807, 2.05) is 19.9 Å². The van der Waals surface area contributed by atoms with E-state index in [2.05, 4.69) is 5.32 Å². The summed E-state index contributed by atoms with van der Waals surface area (Å²) < 4.78 is 37.5. The Labute approximate surface area is 155 Å². The molecule has 1 amide bonds. The number of aryl methyl sites for hydroxylation is 1. The van der Waals surface area contributed by atoms with Crippen molar-refractivity contribution in [1.82, 2.24) is 0 Å². The predicted octanol–water partition coefficient (Wildman–Crippen LogP) is 5.46. The van der Waals surface area contributed by atoms with Gasteiger partial charge in [-0.05, 0) is 50.1 Å². The molecule has 1 heterocycles. The summed E-state index contributed by atoms with van der Waals surface area (Å²) in [6.07, 6.45) is 3.05. The van der Waals surface area contributed by atoms with Crippen LogP contribution in [0.15, 0.2) is 47.1 Å². The molecular formula is C21H19F2NO3. The summed E-state index contributed by atoms with van der Waals surface area (Å²) in [5, 5.41) is 3.46. The van der Waals surface area contributed by atoms with Gasteiger partial charge in [-0.3, -0.25) is 4.79 Å². The minimum absolute atomic E-state index is 0.175. The van der Waals surface area contributed by atoms with Gasteiger partial charge in [0.05, 0.1) is 12.9 Å². The van der Waals surface area contributed by atoms with Gasteiger partial charge in [-0.2, -0.15) is 0 Å². The molecule has 0 aliphatic heterocycles. The average Bonchev–Trinajstić information content (AvgIpc) is 2.98. The second-order valence-electron chi connectivity index (χ2n) is 6.14. The molecule has 0 atom stereocenters. The number of anilines is 1. The fourth-order valence-corrected chi connectivity index (χ4v) is 2.79. The first-order chi connectivity index (χ1) is 12.9. The second kappa shape index (κ2) is 7.61. The molecule has 140 valence electrons. The van der Waals surface area contributed by atoms with E-state index in [9.17, 15) is 13.6 Å². The number of ether oxygens (including phenoxy) is 1. The van der Waals surface area contributed by atoms with Crippen molar-refractivity contribution in [3.8, 4) is 5.75 Å². The highest BCUT2D eigenvalue weighted by Crippen LogP contribution is 2.33. The van der Waals surface area contributed by atoms with Crippen LogP contribution in [0, 0.1) is 18.6 Å². The largest absolute Gasteiger partial charge is 0.493 e. The smallest absolute Gasteiger partial charge is 0.248 e. The number of fused-ring (bicyclic) bond motifs is 1. The first-order valence-electron chi connectivity index (χ1n) is 8.48. The number of rotatable bonds is 5. The van der Waals surface area contributed by atoms with Crippen molar-refractivity contribution in [3.05, 3.63) is 65.4 Å². The van der Waals surface area contributed by atoms with Crippen molar-refractivity contribution in [2.24, 2.45) is 0 Å². The molecule has 0 fully saturated rings. The number of benzene rings is 2. The number of nitrogens with one attached hydrogen (secondary N) is 1. The van der Waals surface area contributed by atoms with Gasteiger partial charge in [-0.25, -0.2) is 8.78 Å². The summed E-state index contributed by atoms with van der Waals surface area (Å²) in [4.78, 5) is 12.3. The van der Waals surface area contributed by atoms with Gasteiger partial charge < -0.3 is 14.5 Å². The van der Waals surface area contributed by atoms with Crippen LogP contribution in [0.5, 0.6) is 5.75 Å². The van der Waals surface area contributed by atoms with E-state index in [1.54, 1.807) is 19.3 Å². The Morgan fingerprint density at radius 2 is 2.00 bits per heavy atom. The van der Waals surface area contributed by atoms with Gasteiger partial charge in [0.15, 0.2) is 11.6 Å². The SMILES string of the molecule is CCOc1cc2occ(C)c2cc1/C(C)=C/C(=O)Nc1ccc(F)c(F)c1. The highest BCUT2D eigenvalue weighted by Gasteiger charge is 2.13. The molecule has 4 nitrogen and oxygen atoms in total. The molecule has 27 heavy (non-hydrogen) atoms. The van der Waals surface area contributed by atoms with E-state index in [1.165, 1.54) is 12.1 Å². The number of hydrogen-bond acceptors (Lipinski definition) is 3. The maximum atomic E-state index is 13.3. The van der Waals surface area contributed by atoms with Gasteiger partial charge >= 0.3 is 0 Å². The molecule has 3 aromatic rings. The lowest BCUT2D eigenvalue weighted by molar-refractivity contribution is -0.111. The molecule has 0 radical (unpaired) electrons. The molecule has 0 saturated heterocycles. The van der Waals surface area contributed by atoms with Crippen LogP contribution in [0.3, 0.4) is 0 Å². The van der Waals surface area contributed by atoms with Crippen LogP contribution >= 0.6 is 0 Å². The Morgan fingerprint density at radius 1 is 1.22 bits per heavy atom. The van der Waals surface area contributed by atoms with E-state index in [0.717, 1.165) is 28.6 Å². The topological polar surface area (TPSA) is 51.5 Å². The van der Waals surface area contributed by atoms with E-state index < -0.39 is 17.5 Å². The maximum Gasteiger partial charge on any atom is 0.248 e. The third-order valence-corrected chi connectivity index (χ3v) is 4.13. The molecule has 0 spiro atoms. The summed E-state index contributed by atoms with van der Waals surface area (Å²) in [7, 11) is 0. The number of amides is 1. The third kappa shape index (κ3) is 4.00. The molecule has 1 aromatic heterocycles. The summed E-state index contributed by atoms with van der Waals surface area (Å²) in [5.41, 5.74) is 3.29. The Balaban J connectivity index is 1.91. The van der Waals surface area contributed by atoms with E-state index in [0.29, 0.717) is 23.5 Å². The quantitative estimate of drug-likeness (QED) is 0.606. The van der Waals surface area contributed by atoms with Crippen molar-refractivity contribution >= 4 is 28.1 Å². The molecule has 0 unspecified atom stereocenters. The van der Waals surface area contributed by atoms with Gasteiger partial charge in [-0.15, -0.1) is 0 Å². The number of halogens is 2. The second-order valence-corrected chi connectivity index (χ2v) is 6.14. The third-order valence-electron chi connectivity index (χ3n) is 4.13. The summed E-state index contributed by atoms with van der Waals surface area (Å²) >= 11 is 0. The van der Waals surface area contributed by atoms with Crippen molar-refractivity contribution in [1.29, 1.82) is 0 Å². The molecule has 2 aromatic carbocycles. The standard InChI is InChI=1S/C21H19F2NO3/c1-4-26-19-10-20-16(13(3)11-27-20)9-15(19)12(2)7-21(25)24-14-5-6-17(22)18(23)8-14/h5-11H,4H2,1-3H3,(H,24,25)/b12-7+. The van der Waals surface area contributed by atoms with Gasteiger partial charge in [0, 0.05) is 34.8 Å². The predicted molar refractivity (Wildman–Crippen MR) is 101 cm³/mol. The minimum atomic E-state index is -1.02. The summed E-state index contributed by atoms with van der Waals surface area (Å²) in [6.45, 7) is 6.05. The van der Waals surface area contributed by atoms with E-state index in [4.69, 9.17) is 9.15 Å².